The predicted molar refractivity (Wildman–Crippen MR) is 164 cm³/mol. The summed E-state index contributed by atoms with van der Waals surface area (Å²) in [7, 11) is 0. The Labute approximate surface area is 243 Å². The lowest BCUT2D eigenvalue weighted by molar-refractivity contribution is -0.122. The molecule has 0 aromatic heterocycles. The van der Waals surface area contributed by atoms with Gasteiger partial charge in [0.15, 0.2) is 5.78 Å². The van der Waals surface area contributed by atoms with Gasteiger partial charge in [0.05, 0.1) is 28.6 Å². The SMILES string of the molecule is CC(=O)c1ccc(N=CC23c4ccccc4C(c4ccccc42)[C@H]2C(=O)N(c4cccc5ccccc45)C(=O)[C@H]23)cc1. The zero-order valence-electron chi connectivity index (χ0n) is 22.9. The van der Waals surface area contributed by atoms with Crippen molar-refractivity contribution in [2.24, 2.45) is 16.8 Å². The molecule has 4 aliphatic rings. The van der Waals surface area contributed by atoms with Gasteiger partial charge in [0.2, 0.25) is 11.8 Å². The van der Waals surface area contributed by atoms with E-state index in [4.69, 9.17) is 4.99 Å². The molecule has 1 heterocycles. The van der Waals surface area contributed by atoms with Crippen LogP contribution >= 0.6 is 0 Å². The largest absolute Gasteiger partial charge is 0.295 e. The second-order valence-corrected chi connectivity index (χ2v) is 11.4. The second kappa shape index (κ2) is 8.92. The average molecular weight is 547 g/mol. The van der Waals surface area contributed by atoms with E-state index in [1.165, 1.54) is 11.8 Å². The molecule has 3 aliphatic carbocycles. The minimum absolute atomic E-state index is 0.0102. The Bertz CT molecular complexity index is 1940. The number of rotatable bonds is 4. The molecule has 202 valence electrons. The van der Waals surface area contributed by atoms with Crippen molar-refractivity contribution in [2.75, 3.05) is 4.90 Å². The van der Waals surface area contributed by atoms with Crippen LogP contribution in [0.4, 0.5) is 11.4 Å². The fraction of sp³-hybridized carbons (Fsp3) is 0.135. The van der Waals surface area contributed by atoms with Gasteiger partial charge < -0.3 is 0 Å². The summed E-state index contributed by atoms with van der Waals surface area (Å²) in [6, 6.07) is 37.1. The molecular formula is C37H26N2O3. The highest BCUT2D eigenvalue weighted by molar-refractivity contribution is 6.27. The van der Waals surface area contributed by atoms with Crippen molar-refractivity contribution in [1.29, 1.82) is 0 Å². The molecule has 0 radical (unpaired) electrons. The zero-order valence-corrected chi connectivity index (χ0v) is 22.9. The Morgan fingerprint density at radius 2 is 1.36 bits per heavy atom. The first-order valence-corrected chi connectivity index (χ1v) is 14.2. The third-order valence-corrected chi connectivity index (χ3v) is 9.38. The van der Waals surface area contributed by atoms with Gasteiger partial charge in [-0.2, -0.15) is 0 Å². The number of ketones is 1. The highest BCUT2D eigenvalue weighted by Crippen LogP contribution is 2.64. The lowest BCUT2D eigenvalue weighted by atomic mass is 9.47. The van der Waals surface area contributed by atoms with Crippen LogP contribution in [0.15, 0.2) is 120 Å². The molecule has 42 heavy (non-hydrogen) atoms. The summed E-state index contributed by atoms with van der Waals surface area (Å²) in [6.45, 7) is 1.54. The normalized spacial score (nSPS) is 23.7. The lowest BCUT2D eigenvalue weighted by Crippen LogP contribution is -2.54. The summed E-state index contributed by atoms with van der Waals surface area (Å²) in [5.74, 6) is -1.83. The number of imide groups is 1. The van der Waals surface area contributed by atoms with Crippen molar-refractivity contribution in [1.82, 2.24) is 0 Å². The molecule has 2 atom stereocenters. The molecule has 0 saturated carbocycles. The van der Waals surface area contributed by atoms with E-state index in [1.807, 2.05) is 85.1 Å². The smallest absolute Gasteiger partial charge is 0.239 e. The number of fused-ring (bicyclic) bond motifs is 1. The molecule has 0 N–H and O–H groups in total. The number of amides is 2. The number of benzene rings is 5. The zero-order chi connectivity index (χ0) is 28.6. The third-order valence-electron chi connectivity index (χ3n) is 9.38. The standard InChI is InChI=1S/C37H26N2O3/c1-22(40)23-17-19-25(20-18-23)38-21-37-29-14-6-4-12-27(29)32(28-13-5-7-15-30(28)37)33-34(37)36(42)39(35(33)41)31-16-8-10-24-9-2-3-11-26(24)31/h2-21,32-34H,1H3/t32?,33-,34+,37?/m1/s1. The minimum atomic E-state index is -0.947. The monoisotopic (exact) mass is 546 g/mol. The first-order valence-electron chi connectivity index (χ1n) is 14.2. The van der Waals surface area contributed by atoms with Crippen LogP contribution in [-0.4, -0.2) is 23.8 Å². The Morgan fingerprint density at radius 1 is 0.738 bits per heavy atom. The molecule has 5 aromatic carbocycles. The van der Waals surface area contributed by atoms with Gasteiger partial charge in [-0.25, -0.2) is 4.90 Å². The van der Waals surface area contributed by atoms with E-state index in [9.17, 15) is 14.4 Å². The highest BCUT2D eigenvalue weighted by atomic mass is 16.2. The van der Waals surface area contributed by atoms with Gasteiger partial charge in [-0.05, 0) is 64.9 Å². The summed E-state index contributed by atoms with van der Waals surface area (Å²) < 4.78 is 0. The minimum Gasteiger partial charge on any atom is -0.295 e. The number of anilines is 1. The van der Waals surface area contributed by atoms with Gasteiger partial charge in [0, 0.05) is 23.1 Å². The highest BCUT2D eigenvalue weighted by Gasteiger charge is 2.68. The van der Waals surface area contributed by atoms with Crippen LogP contribution in [0.25, 0.3) is 10.8 Å². The van der Waals surface area contributed by atoms with Gasteiger partial charge in [-0.1, -0.05) is 84.9 Å². The molecule has 5 aromatic rings. The topological polar surface area (TPSA) is 66.8 Å². The van der Waals surface area contributed by atoms with Crippen molar-refractivity contribution in [3.63, 3.8) is 0 Å². The molecule has 1 aliphatic heterocycles. The number of carbonyl (C=O) groups excluding carboxylic acids is 3. The van der Waals surface area contributed by atoms with Crippen molar-refractivity contribution in [3.8, 4) is 0 Å². The van der Waals surface area contributed by atoms with Gasteiger partial charge in [-0.3, -0.25) is 19.4 Å². The first kappa shape index (κ1) is 24.6. The van der Waals surface area contributed by atoms with Crippen LogP contribution < -0.4 is 4.90 Å². The van der Waals surface area contributed by atoms with E-state index in [-0.39, 0.29) is 23.5 Å². The van der Waals surface area contributed by atoms with E-state index in [0.717, 1.165) is 33.0 Å². The maximum atomic E-state index is 14.7. The van der Waals surface area contributed by atoms with Crippen molar-refractivity contribution in [3.05, 3.63) is 143 Å². The Kier molecular flexibility index (Phi) is 5.23. The maximum Gasteiger partial charge on any atom is 0.239 e. The third kappa shape index (κ3) is 3.19. The summed E-state index contributed by atoms with van der Waals surface area (Å²) >= 11 is 0. The van der Waals surface area contributed by atoms with Gasteiger partial charge in [0.25, 0.3) is 0 Å². The van der Waals surface area contributed by atoms with Crippen LogP contribution in [0.2, 0.25) is 0 Å². The van der Waals surface area contributed by atoms with Crippen LogP contribution in [0.1, 0.15) is 45.5 Å². The van der Waals surface area contributed by atoms with E-state index in [0.29, 0.717) is 16.9 Å². The van der Waals surface area contributed by atoms with Gasteiger partial charge in [0.1, 0.15) is 0 Å². The number of carbonyl (C=O) groups is 3. The molecule has 0 unspecified atom stereocenters. The Morgan fingerprint density at radius 3 is 2.05 bits per heavy atom. The van der Waals surface area contributed by atoms with Crippen LogP contribution in [0.3, 0.4) is 0 Å². The quantitative estimate of drug-likeness (QED) is 0.139. The van der Waals surface area contributed by atoms with Crippen LogP contribution in [0.5, 0.6) is 0 Å². The van der Waals surface area contributed by atoms with Crippen molar-refractivity contribution < 1.29 is 14.4 Å². The average Bonchev–Trinajstić information content (AvgIpc) is 3.30. The molecule has 5 heteroatoms. The number of Topliss-reactive ketones (excluding diaryl/α,β-unsaturated/α-hetero) is 1. The Balaban J connectivity index is 1.37. The lowest BCUT2D eigenvalue weighted by Gasteiger charge is -2.52. The molecule has 2 amide bonds. The fourth-order valence-electron chi connectivity index (χ4n) is 7.65. The second-order valence-electron chi connectivity index (χ2n) is 11.4. The summed E-state index contributed by atoms with van der Waals surface area (Å²) in [5.41, 5.74) is 5.13. The van der Waals surface area contributed by atoms with Crippen molar-refractivity contribution >= 4 is 46.0 Å². The first-order chi connectivity index (χ1) is 20.5. The molecule has 9 rings (SSSR count). The van der Waals surface area contributed by atoms with Crippen LogP contribution in [0, 0.1) is 11.8 Å². The number of hydrogen-bond donors (Lipinski definition) is 0. The number of nitrogens with zero attached hydrogens (tertiary/aromatic N) is 2. The van der Waals surface area contributed by atoms with E-state index < -0.39 is 17.3 Å². The predicted octanol–water partition coefficient (Wildman–Crippen LogP) is 7.00. The molecule has 0 spiro atoms. The summed E-state index contributed by atoms with van der Waals surface area (Å²) in [5, 5.41) is 1.85. The number of hydrogen-bond acceptors (Lipinski definition) is 4. The summed E-state index contributed by atoms with van der Waals surface area (Å²) in [4.78, 5) is 47.5. The van der Waals surface area contributed by atoms with E-state index in [1.54, 1.807) is 12.1 Å². The van der Waals surface area contributed by atoms with Gasteiger partial charge >= 0.3 is 0 Å². The van der Waals surface area contributed by atoms with E-state index >= 15 is 0 Å². The molecular weight excluding hydrogens is 520 g/mol. The molecule has 1 fully saturated rings. The van der Waals surface area contributed by atoms with Gasteiger partial charge in [-0.15, -0.1) is 0 Å². The molecule has 2 bridgehead atoms. The Hall–Kier alpha value is -5.16. The summed E-state index contributed by atoms with van der Waals surface area (Å²) in [6.07, 6.45) is 1.89. The molecule has 1 saturated heterocycles. The van der Waals surface area contributed by atoms with Crippen LogP contribution in [-0.2, 0) is 15.0 Å². The number of aliphatic imine (C=N–C) groups is 1. The fourth-order valence-corrected chi connectivity index (χ4v) is 7.65. The van der Waals surface area contributed by atoms with E-state index in [2.05, 4.69) is 24.3 Å². The van der Waals surface area contributed by atoms with Crippen molar-refractivity contribution in [2.45, 2.75) is 18.3 Å². The molecule has 5 nitrogen and oxygen atoms in total. The maximum absolute atomic E-state index is 14.7.